The van der Waals surface area contributed by atoms with Crippen LogP contribution in [0.5, 0.6) is 5.75 Å². The first-order valence-corrected chi connectivity index (χ1v) is 11.1. The zero-order valence-corrected chi connectivity index (χ0v) is 17.2. The molecule has 0 spiro atoms. The van der Waals surface area contributed by atoms with Gasteiger partial charge in [-0.15, -0.1) is 0 Å². The first-order valence-electron chi connectivity index (χ1n) is 11.1. The predicted octanol–water partition coefficient (Wildman–Crippen LogP) is 2.77. The maximum atomic E-state index is 5.62. The van der Waals surface area contributed by atoms with Crippen molar-refractivity contribution in [2.24, 2.45) is 0 Å². The van der Waals surface area contributed by atoms with Crippen LogP contribution in [0.1, 0.15) is 30.4 Å². The zero-order chi connectivity index (χ0) is 19.5. The van der Waals surface area contributed by atoms with Gasteiger partial charge in [0.05, 0.1) is 6.61 Å². The Kier molecular flexibility index (Phi) is 5.52. The van der Waals surface area contributed by atoms with E-state index in [1.807, 2.05) is 6.20 Å². The molecule has 6 heteroatoms. The van der Waals surface area contributed by atoms with Crippen molar-refractivity contribution in [1.82, 2.24) is 14.9 Å². The van der Waals surface area contributed by atoms with Crippen molar-refractivity contribution in [3.63, 3.8) is 0 Å². The predicted molar refractivity (Wildman–Crippen MR) is 116 cm³/mol. The smallest absolute Gasteiger partial charge is 0.227 e. The van der Waals surface area contributed by atoms with E-state index < -0.39 is 0 Å². The standard InChI is InChI=1S/C23H31N5O/c1-2-10-28(11-3-1)23-24-9-6-22(25-23)27-15-13-26(14-16-27)12-7-19-4-5-21-20(18-19)8-17-29-21/h4-6,9,18H,1-3,7-8,10-17H2. The largest absolute Gasteiger partial charge is 0.493 e. The molecule has 4 heterocycles. The molecule has 1 aromatic heterocycles. The fourth-order valence-corrected chi connectivity index (χ4v) is 4.64. The van der Waals surface area contributed by atoms with Crippen LogP contribution in [0.25, 0.3) is 0 Å². The number of anilines is 2. The molecule has 0 atom stereocenters. The Bertz CT molecular complexity index is 828. The van der Waals surface area contributed by atoms with E-state index in [2.05, 4.69) is 43.9 Å². The van der Waals surface area contributed by atoms with Gasteiger partial charge in [-0.05, 0) is 48.9 Å². The van der Waals surface area contributed by atoms with Crippen LogP contribution in [0.4, 0.5) is 11.8 Å². The molecule has 0 aliphatic carbocycles. The lowest BCUT2D eigenvalue weighted by atomic mass is 10.1. The molecule has 2 fully saturated rings. The lowest BCUT2D eigenvalue weighted by Gasteiger charge is -2.36. The summed E-state index contributed by atoms with van der Waals surface area (Å²) in [5.41, 5.74) is 2.80. The van der Waals surface area contributed by atoms with E-state index in [1.165, 1.54) is 30.4 Å². The Morgan fingerprint density at radius 3 is 2.62 bits per heavy atom. The topological polar surface area (TPSA) is 44.7 Å². The summed E-state index contributed by atoms with van der Waals surface area (Å²) in [7, 11) is 0. The van der Waals surface area contributed by atoms with E-state index in [1.54, 1.807) is 0 Å². The summed E-state index contributed by atoms with van der Waals surface area (Å²) in [5.74, 6) is 3.07. The Hall–Kier alpha value is -2.34. The fraction of sp³-hybridized carbons (Fsp3) is 0.565. The molecular weight excluding hydrogens is 362 g/mol. The molecule has 0 amide bonds. The number of hydrogen-bond acceptors (Lipinski definition) is 6. The van der Waals surface area contributed by atoms with E-state index in [0.29, 0.717) is 0 Å². The third-order valence-electron chi connectivity index (χ3n) is 6.43. The van der Waals surface area contributed by atoms with Crippen LogP contribution < -0.4 is 14.5 Å². The molecule has 3 aliphatic rings. The monoisotopic (exact) mass is 393 g/mol. The maximum absolute atomic E-state index is 5.62. The van der Waals surface area contributed by atoms with Gasteiger partial charge in [-0.2, -0.15) is 4.98 Å². The molecule has 0 unspecified atom stereocenters. The number of piperazine rings is 1. The molecule has 2 saturated heterocycles. The third kappa shape index (κ3) is 4.32. The van der Waals surface area contributed by atoms with E-state index in [4.69, 9.17) is 9.72 Å². The van der Waals surface area contributed by atoms with E-state index in [9.17, 15) is 0 Å². The van der Waals surface area contributed by atoms with Gasteiger partial charge in [0.25, 0.3) is 0 Å². The highest BCUT2D eigenvalue weighted by Gasteiger charge is 2.20. The molecule has 1 aromatic carbocycles. The first kappa shape index (κ1) is 18.7. The highest BCUT2D eigenvalue weighted by Crippen LogP contribution is 2.26. The number of fused-ring (bicyclic) bond motifs is 1. The first-order chi connectivity index (χ1) is 14.3. The molecular formula is C23H31N5O. The number of piperidine rings is 1. The minimum absolute atomic E-state index is 0.837. The minimum Gasteiger partial charge on any atom is -0.493 e. The van der Waals surface area contributed by atoms with Crippen molar-refractivity contribution in [2.45, 2.75) is 32.1 Å². The highest BCUT2D eigenvalue weighted by atomic mass is 16.5. The van der Waals surface area contributed by atoms with Crippen LogP contribution in [0.15, 0.2) is 30.5 Å². The highest BCUT2D eigenvalue weighted by molar-refractivity contribution is 5.44. The van der Waals surface area contributed by atoms with Gasteiger partial charge in [0.2, 0.25) is 5.95 Å². The number of rotatable bonds is 5. The summed E-state index contributed by atoms with van der Waals surface area (Å²) in [6.45, 7) is 8.40. The van der Waals surface area contributed by atoms with E-state index in [0.717, 1.165) is 82.8 Å². The molecule has 29 heavy (non-hydrogen) atoms. The molecule has 0 N–H and O–H groups in total. The summed E-state index contributed by atoms with van der Waals surface area (Å²) in [6, 6.07) is 8.77. The van der Waals surface area contributed by atoms with Gasteiger partial charge in [0.1, 0.15) is 11.6 Å². The maximum Gasteiger partial charge on any atom is 0.227 e. The number of aromatic nitrogens is 2. The normalized spacial score (nSPS) is 19.9. The Labute approximate surface area is 173 Å². The van der Waals surface area contributed by atoms with Gasteiger partial charge in [0.15, 0.2) is 0 Å². The van der Waals surface area contributed by atoms with E-state index in [-0.39, 0.29) is 0 Å². The average Bonchev–Trinajstić information content (AvgIpc) is 3.27. The second-order valence-corrected chi connectivity index (χ2v) is 8.38. The molecule has 5 rings (SSSR count). The fourth-order valence-electron chi connectivity index (χ4n) is 4.64. The SMILES string of the molecule is c1cc(N2CCN(CCc3ccc4c(c3)CCO4)CC2)nc(N2CCCCC2)n1. The Morgan fingerprint density at radius 1 is 0.897 bits per heavy atom. The van der Waals surface area contributed by atoms with Crippen LogP contribution >= 0.6 is 0 Å². The van der Waals surface area contributed by atoms with Crippen LogP contribution in [-0.2, 0) is 12.8 Å². The van der Waals surface area contributed by atoms with Crippen molar-refractivity contribution in [3.05, 3.63) is 41.6 Å². The third-order valence-corrected chi connectivity index (χ3v) is 6.43. The number of ether oxygens (including phenoxy) is 1. The van der Waals surface area contributed by atoms with Crippen molar-refractivity contribution in [3.8, 4) is 5.75 Å². The summed E-state index contributed by atoms with van der Waals surface area (Å²) in [6.07, 6.45) is 7.93. The van der Waals surface area contributed by atoms with Gasteiger partial charge >= 0.3 is 0 Å². The van der Waals surface area contributed by atoms with Gasteiger partial charge in [0, 0.05) is 58.4 Å². The van der Waals surface area contributed by atoms with Gasteiger partial charge in [-0.25, -0.2) is 4.98 Å². The van der Waals surface area contributed by atoms with Crippen LogP contribution in [0.2, 0.25) is 0 Å². The molecule has 3 aliphatic heterocycles. The second kappa shape index (κ2) is 8.57. The Morgan fingerprint density at radius 2 is 1.76 bits per heavy atom. The quantitative estimate of drug-likeness (QED) is 0.778. The minimum atomic E-state index is 0.837. The van der Waals surface area contributed by atoms with Crippen LogP contribution in [0.3, 0.4) is 0 Å². The van der Waals surface area contributed by atoms with Crippen LogP contribution in [0, 0.1) is 0 Å². The molecule has 6 nitrogen and oxygen atoms in total. The lowest BCUT2D eigenvalue weighted by Crippen LogP contribution is -2.47. The zero-order valence-electron chi connectivity index (χ0n) is 17.2. The van der Waals surface area contributed by atoms with Crippen molar-refractivity contribution in [1.29, 1.82) is 0 Å². The molecule has 0 radical (unpaired) electrons. The summed E-state index contributed by atoms with van der Waals surface area (Å²) < 4.78 is 5.62. The Balaban J connectivity index is 1.14. The van der Waals surface area contributed by atoms with Crippen molar-refractivity contribution >= 4 is 11.8 Å². The number of benzene rings is 1. The van der Waals surface area contributed by atoms with Crippen molar-refractivity contribution in [2.75, 3.05) is 62.2 Å². The molecule has 0 saturated carbocycles. The van der Waals surface area contributed by atoms with Crippen LogP contribution in [-0.4, -0.2) is 67.3 Å². The number of nitrogens with zero attached hydrogens (tertiary/aromatic N) is 5. The summed E-state index contributed by atoms with van der Waals surface area (Å²) in [4.78, 5) is 16.7. The van der Waals surface area contributed by atoms with Crippen molar-refractivity contribution < 1.29 is 4.74 Å². The summed E-state index contributed by atoms with van der Waals surface area (Å²) in [5, 5.41) is 0. The average molecular weight is 394 g/mol. The molecule has 2 aromatic rings. The molecule has 154 valence electrons. The van der Waals surface area contributed by atoms with Gasteiger partial charge < -0.3 is 14.5 Å². The molecule has 0 bridgehead atoms. The number of hydrogen-bond donors (Lipinski definition) is 0. The summed E-state index contributed by atoms with van der Waals surface area (Å²) >= 11 is 0. The lowest BCUT2D eigenvalue weighted by molar-refractivity contribution is 0.260. The second-order valence-electron chi connectivity index (χ2n) is 8.38. The van der Waals surface area contributed by atoms with E-state index >= 15 is 0 Å². The van der Waals surface area contributed by atoms with Gasteiger partial charge in [-0.3, -0.25) is 4.90 Å². The van der Waals surface area contributed by atoms with Gasteiger partial charge in [-0.1, -0.05) is 12.1 Å².